The molecule has 4 nitrogen and oxygen atoms in total. The Morgan fingerprint density at radius 3 is 2.95 bits per heavy atom. The van der Waals surface area contributed by atoms with Gasteiger partial charge < -0.3 is 5.32 Å². The van der Waals surface area contributed by atoms with Gasteiger partial charge in [-0.25, -0.2) is 9.97 Å². The molecule has 19 heavy (non-hydrogen) atoms. The highest BCUT2D eigenvalue weighted by molar-refractivity contribution is 7.07. The van der Waals surface area contributed by atoms with Crippen molar-refractivity contribution in [1.82, 2.24) is 15.0 Å². The number of aromatic nitrogens is 3. The van der Waals surface area contributed by atoms with Crippen LogP contribution >= 0.6 is 11.3 Å². The molecule has 0 aliphatic rings. The Morgan fingerprint density at radius 2 is 2.11 bits per heavy atom. The SMILES string of the molecule is CC(Cc1ccsc1)Nc1ccc2nccnc2n1. The molecule has 3 aromatic heterocycles. The predicted molar refractivity (Wildman–Crippen MR) is 78.4 cm³/mol. The lowest BCUT2D eigenvalue weighted by atomic mass is 10.1. The maximum absolute atomic E-state index is 4.46. The largest absolute Gasteiger partial charge is 0.367 e. The summed E-state index contributed by atoms with van der Waals surface area (Å²) in [5.41, 5.74) is 2.85. The number of anilines is 1. The van der Waals surface area contributed by atoms with Gasteiger partial charge in [0.25, 0.3) is 0 Å². The van der Waals surface area contributed by atoms with Crippen molar-refractivity contribution in [3.8, 4) is 0 Å². The van der Waals surface area contributed by atoms with Crippen molar-refractivity contribution >= 4 is 28.3 Å². The molecule has 0 radical (unpaired) electrons. The number of pyridine rings is 1. The average Bonchev–Trinajstić information content (AvgIpc) is 2.91. The van der Waals surface area contributed by atoms with E-state index in [1.807, 2.05) is 12.1 Å². The number of nitrogens with one attached hydrogen (secondary N) is 1. The Balaban J connectivity index is 1.73. The van der Waals surface area contributed by atoms with Crippen LogP contribution in [0.1, 0.15) is 12.5 Å². The van der Waals surface area contributed by atoms with Gasteiger partial charge in [-0.3, -0.25) is 4.98 Å². The van der Waals surface area contributed by atoms with Gasteiger partial charge in [-0.1, -0.05) is 0 Å². The summed E-state index contributed by atoms with van der Waals surface area (Å²) in [5.74, 6) is 0.843. The monoisotopic (exact) mass is 270 g/mol. The zero-order valence-corrected chi connectivity index (χ0v) is 11.4. The first-order valence-corrected chi connectivity index (χ1v) is 7.11. The Kier molecular flexibility index (Phi) is 3.37. The van der Waals surface area contributed by atoms with Crippen LogP contribution in [-0.2, 0) is 6.42 Å². The van der Waals surface area contributed by atoms with E-state index in [1.54, 1.807) is 23.7 Å². The third-order valence-corrected chi connectivity index (χ3v) is 3.58. The van der Waals surface area contributed by atoms with Crippen molar-refractivity contribution in [2.75, 3.05) is 5.32 Å². The van der Waals surface area contributed by atoms with E-state index in [0.717, 1.165) is 17.8 Å². The standard InChI is InChI=1S/C14H14N4S/c1-10(8-11-4-7-19-9-11)17-13-3-2-12-14(18-13)16-6-5-15-12/h2-7,9-10H,8H2,1H3,(H,16,17,18). The highest BCUT2D eigenvalue weighted by Gasteiger charge is 2.06. The third-order valence-electron chi connectivity index (χ3n) is 2.85. The molecule has 1 atom stereocenters. The van der Waals surface area contributed by atoms with Crippen molar-refractivity contribution in [3.63, 3.8) is 0 Å². The molecule has 0 spiro atoms. The summed E-state index contributed by atoms with van der Waals surface area (Å²) >= 11 is 1.73. The maximum atomic E-state index is 4.46. The summed E-state index contributed by atoms with van der Waals surface area (Å²) in [6.45, 7) is 2.15. The number of rotatable bonds is 4. The van der Waals surface area contributed by atoms with Crippen LogP contribution in [-0.4, -0.2) is 21.0 Å². The zero-order valence-electron chi connectivity index (χ0n) is 10.6. The van der Waals surface area contributed by atoms with Crippen molar-refractivity contribution in [2.24, 2.45) is 0 Å². The van der Waals surface area contributed by atoms with Gasteiger partial charge in [0.05, 0.1) is 0 Å². The molecular formula is C14H14N4S. The second kappa shape index (κ2) is 5.32. The molecule has 3 aromatic rings. The van der Waals surface area contributed by atoms with Crippen LogP contribution in [0.2, 0.25) is 0 Å². The predicted octanol–water partition coefficient (Wildman–Crippen LogP) is 3.13. The third kappa shape index (κ3) is 2.88. The van der Waals surface area contributed by atoms with Gasteiger partial charge in [0.2, 0.25) is 0 Å². The summed E-state index contributed by atoms with van der Waals surface area (Å²) in [4.78, 5) is 12.9. The summed E-state index contributed by atoms with van der Waals surface area (Å²) in [6.07, 6.45) is 4.33. The average molecular weight is 270 g/mol. The smallest absolute Gasteiger partial charge is 0.180 e. The zero-order chi connectivity index (χ0) is 13.1. The van der Waals surface area contributed by atoms with Crippen LogP contribution in [0.25, 0.3) is 11.2 Å². The van der Waals surface area contributed by atoms with Gasteiger partial charge in [-0.2, -0.15) is 11.3 Å². The van der Waals surface area contributed by atoms with Gasteiger partial charge in [0, 0.05) is 18.4 Å². The highest BCUT2D eigenvalue weighted by Crippen LogP contribution is 2.14. The Morgan fingerprint density at radius 1 is 1.21 bits per heavy atom. The maximum Gasteiger partial charge on any atom is 0.180 e. The van der Waals surface area contributed by atoms with E-state index in [1.165, 1.54) is 5.56 Å². The molecule has 0 aliphatic carbocycles. The van der Waals surface area contributed by atoms with Gasteiger partial charge in [-0.05, 0) is 47.9 Å². The van der Waals surface area contributed by atoms with E-state index in [2.05, 4.69) is 44.0 Å². The van der Waals surface area contributed by atoms with Gasteiger partial charge in [0.1, 0.15) is 11.3 Å². The molecule has 3 heterocycles. The van der Waals surface area contributed by atoms with E-state index >= 15 is 0 Å². The van der Waals surface area contributed by atoms with Crippen molar-refractivity contribution in [2.45, 2.75) is 19.4 Å². The summed E-state index contributed by atoms with van der Waals surface area (Å²) in [7, 11) is 0. The lowest BCUT2D eigenvalue weighted by Gasteiger charge is -2.13. The summed E-state index contributed by atoms with van der Waals surface area (Å²) < 4.78 is 0. The molecular weight excluding hydrogens is 256 g/mol. The number of hydrogen-bond acceptors (Lipinski definition) is 5. The van der Waals surface area contributed by atoms with Gasteiger partial charge in [0.15, 0.2) is 5.65 Å². The normalized spacial score (nSPS) is 12.5. The fourth-order valence-corrected chi connectivity index (χ4v) is 2.68. The topological polar surface area (TPSA) is 50.7 Å². The minimum Gasteiger partial charge on any atom is -0.367 e. The second-order valence-corrected chi connectivity index (χ2v) is 5.26. The number of thiophene rings is 1. The van der Waals surface area contributed by atoms with Crippen LogP contribution in [0.15, 0.2) is 41.4 Å². The van der Waals surface area contributed by atoms with Crippen LogP contribution in [0, 0.1) is 0 Å². The quantitative estimate of drug-likeness (QED) is 0.791. The first-order chi connectivity index (χ1) is 9.31. The van der Waals surface area contributed by atoms with E-state index in [0.29, 0.717) is 11.7 Å². The summed E-state index contributed by atoms with van der Waals surface area (Å²) in [5, 5.41) is 7.68. The molecule has 0 saturated heterocycles. The molecule has 0 amide bonds. The molecule has 0 saturated carbocycles. The van der Waals surface area contributed by atoms with Crippen LogP contribution in [0.3, 0.4) is 0 Å². The molecule has 1 N–H and O–H groups in total. The second-order valence-electron chi connectivity index (χ2n) is 4.48. The van der Waals surface area contributed by atoms with Crippen LogP contribution < -0.4 is 5.32 Å². The lowest BCUT2D eigenvalue weighted by Crippen LogP contribution is -2.18. The fraction of sp³-hybridized carbons (Fsp3) is 0.214. The lowest BCUT2D eigenvalue weighted by molar-refractivity contribution is 0.787. The molecule has 96 valence electrons. The molecule has 0 fully saturated rings. The Labute approximate surface area is 115 Å². The summed E-state index contributed by atoms with van der Waals surface area (Å²) in [6, 6.07) is 6.37. The first-order valence-electron chi connectivity index (χ1n) is 6.16. The fourth-order valence-electron chi connectivity index (χ4n) is 2.00. The Hall–Kier alpha value is -2.01. The van der Waals surface area contributed by atoms with E-state index in [-0.39, 0.29) is 0 Å². The van der Waals surface area contributed by atoms with Crippen LogP contribution in [0.4, 0.5) is 5.82 Å². The number of hydrogen-bond donors (Lipinski definition) is 1. The highest BCUT2D eigenvalue weighted by atomic mass is 32.1. The van der Waals surface area contributed by atoms with Crippen molar-refractivity contribution in [3.05, 3.63) is 46.9 Å². The van der Waals surface area contributed by atoms with E-state index < -0.39 is 0 Å². The van der Waals surface area contributed by atoms with E-state index in [9.17, 15) is 0 Å². The number of nitrogens with zero attached hydrogens (tertiary/aromatic N) is 3. The molecule has 0 aliphatic heterocycles. The van der Waals surface area contributed by atoms with E-state index in [4.69, 9.17) is 0 Å². The molecule has 0 bridgehead atoms. The molecule has 0 aromatic carbocycles. The minimum absolute atomic E-state index is 0.330. The van der Waals surface area contributed by atoms with Gasteiger partial charge >= 0.3 is 0 Å². The number of fused-ring (bicyclic) bond motifs is 1. The first kappa shape index (κ1) is 12.0. The molecule has 3 rings (SSSR count). The van der Waals surface area contributed by atoms with Gasteiger partial charge in [-0.15, -0.1) is 0 Å². The van der Waals surface area contributed by atoms with Crippen molar-refractivity contribution < 1.29 is 0 Å². The molecule has 1 unspecified atom stereocenters. The molecule has 5 heteroatoms. The Bertz CT molecular complexity index is 666. The van der Waals surface area contributed by atoms with Crippen molar-refractivity contribution in [1.29, 1.82) is 0 Å². The minimum atomic E-state index is 0.330. The van der Waals surface area contributed by atoms with Crippen LogP contribution in [0.5, 0.6) is 0 Å².